The average Bonchev–Trinajstić information content (AvgIpc) is 3.77. The number of benzene rings is 2. The number of fused-ring (bicyclic) bond motifs is 1. The lowest BCUT2D eigenvalue weighted by atomic mass is 9.98. The van der Waals surface area contributed by atoms with E-state index in [9.17, 15) is 35.6 Å². The predicted molar refractivity (Wildman–Crippen MR) is 144 cm³/mol. The van der Waals surface area contributed by atoms with Crippen LogP contribution in [0.25, 0.3) is 0 Å². The molecule has 2 aromatic carbocycles. The standard InChI is InChI=1S/C29H33F4N3O4S/c1-14(2)34-23-10-8-18(41(4,39)40)12-21(23)28(38)36-24(13-20-15(3)26(20)36)27(37)35-25(16-5-6-16)19-9-7-17(11-22(19)30)29(31,32)33/h7-12,14-16,20,24-26,34H,5-6,13H2,1-4H3,(H,35,37)/t15-,20?,24-,25?,26?/m1/s1. The first-order valence-corrected chi connectivity index (χ1v) is 15.6. The fraction of sp³-hybridized carbons (Fsp3) is 0.517. The van der Waals surface area contributed by atoms with Crippen molar-refractivity contribution in [2.24, 2.45) is 17.8 Å². The third kappa shape index (κ3) is 5.80. The maximum absolute atomic E-state index is 14.9. The fourth-order valence-electron chi connectivity index (χ4n) is 6.02. The summed E-state index contributed by atoms with van der Waals surface area (Å²) in [5.41, 5.74) is -0.557. The topological polar surface area (TPSA) is 95.6 Å². The van der Waals surface area contributed by atoms with Gasteiger partial charge in [-0.1, -0.05) is 13.0 Å². The van der Waals surface area contributed by atoms with Crippen molar-refractivity contribution in [2.75, 3.05) is 11.6 Å². The van der Waals surface area contributed by atoms with E-state index in [1.807, 2.05) is 20.8 Å². The van der Waals surface area contributed by atoms with Crippen molar-refractivity contribution in [3.05, 3.63) is 58.9 Å². The number of nitrogens with one attached hydrogen (secondary N) is 2. The molecule has 222 valence electrons. The molecule has 41 heavy (non-hydrogen) atoms. The molecule has 3 aliphatic rings. The van der Waals surface area contributed by atoms with Crippen LogP contribution in [0.1, 0.15) is 67.6 Å². The first-order valence-electron chi connectivity index (χ1n) is 13.7. The number of amides is 2. The van der Waals surface area contributed by atoms with E-state index in [1.54, 1.807) is 6.07 Å². The Morgan fingerprint density at radius 3 is 2.32 bits per heavy atom. The van der Waals surface area contributed by atoms with Crippen LogP contribution in [-0.4, -0.2) is 49.5 Å². The van der Waals surface area contributed by atoms with Crippen LogP contribution in [0.5, 0.6) is 0 Å². The molecule has 3 unspecified atom stereocenters. The minimum Gasteiger partial charge on any atom is -0.382 e. The number of carbonyl (C=O) groups is 2. The van der Waals surface area contributed by atoms with Gasteiger partial charge in [0.15, 0.2) is 9.84 Å². The minimum absolute atomic E-state index is 0.0208. The molecule has 2 N–H and O–H groups in total. The number of rotatable bonds is 8. The SMILES string of the molecule is CC(C)Nc1ccc(S(C)(=O)=O)cc1C(=O)N1C2C(C[C@@H]1C(=O)NC(c1ccc(C(F)(F)F)cc1F)C1CC1)[C@H]2C. The third-order valence-corrected chi connectivity index (χ3v) is 9.46. The van der Waals surface area contributed by atoms with E-state index in [0.29, 0.717) is 31.0 Å². The smallest absolute Gasteiger partial charge is 0.382 e. The van der Waals surface area contributed by atoms with Crippen LogP contribution in [0.2, 0.25) is 0 Å². The molecular formula is C29H33F4N3O4S. The molecule has 2 amide bonds. The Morgan fingerprint density at radius 1 is 1.07 bits per heavy atom. The van der Waals surface area contributed by atoms with Crippen molar-refractivity contribution in [1.82, 2.24) is 10.2 Å². The summed E-state index contributed by atoms with van der Waals surface area (Å²) >= 11 is 0. The van der Waals surface area contributed by atoms with Gasteiger partial charge in [0, 0.05) is 29.6 Å². The molecule has 5 atom stereocenters. The number of halogens is 4. The van der Waals surface area contributed by atoms with E-state index < -0.39 is 51.3 Å². The molecule has 2 aliphatic carbocycles. The van der Waals surface area contributed by atoms with E-state index in [0.717, 1.165) is 18.4 Å². The number of piperidine rings is 1. The summed E-state index contributed by atoms with van der Waals surface area (Å²) in [7, 11) is -3.62. The van der Waals surface area contributed by atoms with Crippen LogP contribution < -0.4 is 10.6 Å². The van der Waals surface area contributed by atoms with Crippen molar-refractivity contribution in [3.8, 4) is 0 Å². The number of likely N-dealkylation sites (tertiary alicyclic amines) is 1. The predicted octanol–water partition coefficient (Wildman–Crippen LogP) is 5.18. The van der Waals surface area contributed by atoms with Gasteiger partial charge in [0.2, 0.25) is 5.91 Å². The first-order chi connectivity index (χ1) is 19.1. The summed E-state index contributed by atoms with van der Waals surface area (Å²) < 4.78 is 78.8. The molecule has 2 saturated carbocycles. The molecule has 1 aliphatic heterocycles. The Balaban J connectivity index is 1.45. The minimum atomic E-state index is -4.70. The molecule has 5 rings (SSSR count). The van der Waals surface area contributed by atoms with Crippen molar-refractivity contribution in [3.63, 3.8) is 0 Å². The number of hydrogen-bond acceptors (Lipinski definition) is 5. The van der Waals surface area contributed by atoms with Crippen molar-refractivity contribution in [2.45, 2.75) is 75.3 Å². The van der Waals surface area contributed by atoms with Gasteiger partial charge >= 0.3 is 6.18 Å². The zero-order valence-corrected chi connectivity index (χ0v) is 23.9. The lowest BCUT2D eigenvalue weighted by Crippen LogP contribution is -2.49. The Kier molecular flexibility index (Phi) is 7.36. The van der Waals surface area contributed by atoms with Crippen LogP contribution >= 0.6 is 0 Å². The van der Waals surface area contributed by atoms with Gasteiger partial charge in [0.25, 0.3) is 5.91 Å². The highest BCUT2D eigenvalue weighted by molar-refractivity contribution is 7.90. The van der Waals surface area contributed by atoms with E-state index in [2.05, 4.69) is 10.6 Å². The number of carbonyl (C=O) groups excluding carboxylic acids is 2. The van der Waals surface area contributed by atoms with Gasteiger partial charge in [0.1, 0.15) is 11.9 Å². The molecule has 0 radical (unpaired) electrons. The maximum atomic E-state index is 14.9. The van der Waals surface area contributed by atoms with E-state index in [4.69, 9.17) is 0 Å². The zero-order chi connectivity index (χ0) is 30.0. The summed E-state index contributed by atoms with van der Waals surface area (Å²) in [4.78, 5) is 29.2. The lowest BCUT2D eigenvalue weighted by molar-refractivity contribution is -0.137. The van der Waals surface area contributed by atoms with Crippen LogP contribution in [0.15, 0.2) is 41.3 Å². The lowest BCUT2D eigenvalue weighted by Gasteiger charge is -2.31. The number of sulfone groups is 1. The molecule has 12 heteroatoms. The monoisotopic (exact) mass is 595 g/mol. The second-order valence-corrected chi connectivity index (χ2v) is 13.8. The average molecular weight is 596 g/mol. The van der Waals surface area contributed by atoms with Crippen molar-refractivity contribution >= 4 is 27.3 Å². The second kappa shape index (κ2) is 10.3. The number of alkyl halides is 3. The maximum Gasteiger partial charge on any atom is 0.416 e. The molecule has 0 aromatic heterocycles. The zero-order valence-electron chi connectivity index (χ0n) is 23.1. The number of hydrogen-bond donors (Lipinski definition) is 2. The number of anilines is 1. The van der Waals surface area contributed by atoms with Gasteiger partial charge in [-0.15, -0.1) is 0 Å². The largest absolute Gasteiger partial charge is 0.416 e. The molecule has 0 bridgehead atoms. The Bertz CT molecular complexity index is 1490. The summed E-state index contributed by atoms with van der Waals surface area (Å²) in [6.07, 6.45) is -1.89. The fourth-order valence-corrected chi connectivity index (χ4v) is 6.66. The second-order valence-electron chi connectivity index (χ2n) is 11.8. The molecule has 7 nitrogen and oxygen atoms in total. The van der Waals surface area contributed by atoms with E-state index in [-0.39, 0.29) is 45.9 Å². The number of nitrogens with zero attached hydrogens (tertiary/aromatic N) is 1. The Hall–Kier alpha value is -3.15. The first kappa shape index (κ1) is 29.3. The molecule has 3 fully saturated rings. The van der Waals surface area contributed by atoms with Crippen molar-refractivity contribution in [1.29, 1.82) is 0 Å². The van der Waals surface area contributed by atoms with Gasteiger partial charge in [-0.05, 0) is 81.2 Å². The van der Waals surface area contributed by atoms with Gasteiger partial charge in [-0.3, -0.25) is 9.59 Å². The molecular weight excluding hydrogens is 562 g/mol. The van der Waals surface area contributed by atoms with Crippen LogP contribution in [0, 0.1) is 23.6 Å². The Morgan fingerprint density at radius 2 is 1.76 bits per heavy atom. The highest BCUT2D eigenvalue weighted by Gasteiger charge is 2.62. The molecule has 1 heterocycles. The molecule has 1 saturated heterocycles. The van der Waals surface area contributed by atoms with Crippen LogP contribution in [0.3, 0.4) is 0 Å². The summed E-state index contributed by atoms with van der Waals surface area (Å²) in [6, 6.07) is 4.61. The highest BCUT2D eigenvalue weighted by Crippen LogP contribution is 2.54. The molecule has 0 spiro atoms. The van der Waals surface area contributed by atoms with Gasteiger partial charge < -0.3 is 15.5 Å². The van der Waals surface area contributed by atoms with Gasteiger partial charge in [-0.25, -0.2) is 12.8 Å². The van der Waals surface area contributed by atoms with Crippen LogP contribution in [0.4, 0.5) is 23.2 Å². The highest BCUT2D eigenvalue weighted by atomic mass is 32.2. The van der Waals surface area contributed by atoms with Gasteiger partial charge in [0.05, 0.1) is 22.1 Å². The molecule has 2 aromatic rings. The Labute approximate surface area is 236 Å². The third-order valence-electron chi connectivity index (χ3n) is 8.35. The summed E-state index contributed by atoms with van der Waals surface area (Å²) in [5.74, 6) is -1.94. The van der Waals surface area contributed by atoms with Crippen LogP contribution in [-0.2, 0) is 20.8 Å². The van der Waals surface area contributed by atoms with Gasteiger partial charge in [-0.2, -0.15) is 13.2 Å². The van der Waals surface area contributed by atoms with E-state index >= 15 is 0 Å². The normalized spacial score (nSPS) is 24.7. The van der Waals surface area contributed by atoms with Crippen molar-refractivity contribution < 1.29 is 35.6 Å². The summed E-state index contributed by atoms with van der Waals surface area (Å²) in [5, 5.41) is 6.02. The van der Waals surface area contributed by atoms with E-state index in [1.165, 1.54) is 17.0 Å². The summed E-state index contributed by atoms with van der Waals surface area (Å²) in [6.45, 7) is 5.74. The quantitative estimate of drug-likeness (QED) is 0.410.